The quantitative estimate of drug-likeness (QED) is 0.732. The van der Waals surface area contributed by atoms with Crippen LogP contribution in [0.4, 0.5) is 4.79 Å². The summed E-state index contributed by atoms with van der Waals surface area (Å²) in [5, 5.41) is 9.26. The number of hydrogen-bond acceptors (Lipinski definition) is 3. The lowest BCUT2D eigenvalue weighted by Gasteiger charge is -2.52. The summed E-state index contributed by atoms with van der Waals surface area (Å²) in [7, 11) is 0. The molecule has 1 aromatic carbocycles. The molecule has 5 nitrogen and oxygen atoms in total. The predicted octanol–water partition coefficient (Wildman–Crippen LogP) is 5.10. The van der Waals surface area contributed by atoms with Crippen LogP contribution >= 0.6 is 0 Å². The van der Waals surface area contributed by atoms with Crippen molar-refractivity contribution in [2.45, 2.75) is 65.0 Å². The van der Waals surface area contributed by atoms with E-state index in [1.807, 2.05) is 27.7 Å². The molecule has 5 heteroatoms. The van der Waals surface area contributed by atoms with Gasteiger partial charge in [-0.3, -0.25) is 0 Å². The molecule has 1 atom stereocenters. The highest BCUT2D eigenvalue weighted by molar-refractivity contribution is 5.88. The van der Waals surface area contributed by atoms with Crippen LogP contribution in [0.5, 0.6) is 0 Å². The number of carboxylic acid groups (broad SMARTS) is 1. The molecule has 2 aliphatic rings. The van der Waals surface area contributed by atoms with E-state index in [9.17, 15) is 14.7 Å². The summed E-state index contributed by atoms with van der Waals surface area (Å²) in [6, 6.07) is 4.81. The number of nitrogens with zero attached hydrogens (tertiary/aromatic N) is 1. The number of hydrogen-bond donors (Lipinski definition) is 1. The highest BCUT2D eigenvalue weighted by atomic mass is 16.6. The SMILES string of the molecule is [2H]C([2H])=C1CC2(CCN(C(=O)OC(C)(C)C)C(c3ccc(C(=O)O)cc3C)C2)C1. The van der Waals surface area contributed by atoms with Gasteiger partial charge in [0.1, 0.15) is 5.60 Å². The van der Waals surface area contributed by atoms with E-state index >= 15 is 0 Å². The Labute approximate surface area is 163 Å². The first-order chi connectivity index (χ1) is 13.4. The second kappa shape index (κ2) is 6.70. The number of likely N-dealkylation sites (tertiary alicyclic amines) is 1. The zero-order valence-electron chi connectivity index (χ0n) is 18.5. The maximum atomic E-state index is 12.9. The molecule has 1 saturated heterocycles. The monoisotopic (exact) mass is 373 g/mol. The molecule has 27 heavy (non-hydrogen) atoms. The van der Waals surface area contributed by atoms with Gasteiger partial charge in [0.25, 0.3) is 0 Å². The van der Waals surface area contributed by atoms with Crippen LogP contribution in [0.3, 0.4) is 0 Å². The van der Waals surface area contributed by atoms with Gasteiger partial charge in [-0.15, -0.1) is 0 Å². The second-order valence-electron chi connectivity index (χ2n) is 8.98. The zero-order chi connectivity index (χ0) is 21.6. The molecular weight excluding hydrogens is 342 g/mol. The van der Waals surface area contributed by atoms with Crippen molar-refractivity contribution in [3.63, 3.8) is 0 Å². The number of allylic oxidation sites excluding steroid dienone is 1. The number of aryl methyl sites for hydroxylation is 1. The van der Waals surface area contributed by atoms with Gasteiger partial charge in [0.2, 0.25) is 0 Å². The van der Waals surface area contributed by atoms with Crippen molar-refractivity contribution in [1.82, 2.24) is 4.90 Å². The summed E-state index contributed by atoms with van der Waals surface area (Å²) in [5.74, 6) is -0.976. The Morgan fingerprint density at radius 1 is 1.37 bits per heavy atom. The van der Waals surface area contributed by atoms with Crippen LogP contribution in [-0.4, -0.2) is 34.2 Å². The molecule has 1 amide bonds. The Balaban J connectivity index is 1.93. The molecule has 1 aliphatic carbocycles. The molecule has 1 unspecified atom stereocenters. The van der Waals surface area contributed by atoms with Crippen molar-refractivity contribution in [2.24, 2.45) is 5.41 Å². The Hall–Kier alpha value is -2.30. The van der Waals surface area contributed by atoms with Crippen molar-refractivity contribution < 1.29 is 22.2 Å². The molecule has 1 N–H and O–H groups in total. The van der Waals surface area contributed by atoms with Gasteiger partial charge in [0.05, 0.1) is 14.3 Å². The largest absolute Gasteiger partial charge is 0.478 e. The van der Waals surface area contributed by atoms with Crippen LogP contribution in [0.1, 0.15) is 76.7 Å². The van der Waals surface area contributed by atoms with Crippen LogP contribution in [0, 0.1) is 12.3 Å². The fourth-order valence-corrected chi connectivity index (χ4v) is 4.31. The fourth-order valence-electron chi connectivity index (χ4n) is 4.31. The summed E-state index contributed by atoms with van der Waals surface area (Å²) >= 11 is 0. The molecule has 3 rings (SSSR count). The lowest BCUT2D eigenvalue weighted by atomic mass is 9.59. The van der Waals surface area contributed by atoms with E-state index < -0.39 is 11.6 Å². The minimum Gasteiger partial charge on any atom is -0.478 e. The number of benzene rings is 1. The lowest BCUT2D eigenvalue weighted by molar-refractivity contribution is -0.0176. The molecule has 0 aromatic heterocycles. The number of carbonyl (C=O) groups excluding carboxylic acids is 1. The summed E-state index contributed by atoms with van der Waals surface area (Å²) in [4.78, 5) is 26.0. The topological polar surface area (TPSA) is 66.8 Å². The Bertz CT molecular complexity index is 860. The third-order valence-corrected chi connectivity index (χ3v) is 5.57. The van der Waals surface area contributed by atoms with Gasteiger partial charge in [-0.25, -0.2) is 9.59 Å². The van der Waals surface area contributed by atoms with Crippen LogP contribution in [0.2, 0.25) is 0 Å². The van der Waals surface area contributed by atoms with E-state index in [4.69, 9.17) is 7.48 Å². The number of aromatic carboxylic acids is 1. The van der Waals surface area contributed by atoms with Gasteiger partial charge >= 0.3 is 12.1 Å². The van der Waals surface area contributed by atoms with E-state index in [0.29, 0.717) is 6.54 Å². The van der Waals surface area contributed by atoms with Gasteiger partial charge in [-0.05, 0) is 82.1 Å². The van der Waals surface area contributed by atoms with Crippen molar-refractivity contribution in [1.29, 1.82) is 0 Å². The summed E-state index contributed by atoms with van der Waals surface area (Å²) < 4.78 is 20.8. The molecule has 146 valence electrons. The molecule has 0 bridgehead atoms. The number of ether oxygens (including phenoxy) is 1. The van der Waals surface area contributed by atoms with E-state index in [0.717, 1.165) is 42.4 Å². The van der Waals surface area contributed by atoms with Crippen molar-refractivity contribution in [2.75, 3.05) is 6.54 Å². The Morgan fingerprint density at radius 3 is 2.63 bits per heavy atom. The minimum absolute atomic E-state index is 0.0101. The van der Waals surface area contributed by atoms with Gasteiger partial charge in [-0.1, -0.05) is 18.2 Å². The minimum atomic E-state index is -0.976. The molecule has 1 saturated carbocycles. The third kappa shape index (κ3) is 4.02. The first-order valence-corrected chi connectivity index (χ1v) is 9.39. The maximum absolute atomic E-state index is 12.9. The molecule has 0 radical (unpaired) electrons. The zero-order valence-corrected chi connectivity index (χ0v) is 16.5. The van der Waals surface area contributed by atoms with Crippen molar-refractivity contribution >= 4 is 12.1 Å². The smallest absolute Gasteiger partial charge is 0.410 e. The first-order valence-electron chi connectivity index (χ1n) is 10.4. The van der Waals surface area contributed by atoms with Gasteiger partial charge in [-0.2, -0.15) is 0 Å². The number of carboxylic acids is 1. The van der Waals surface area contributed by atoms with E-state index in [1.54, 1.807) is 23.1 Å². The van der Waals surface area contributed by atoms with Crippen LogP contribution < -0.4 is 0 Å². The normalized spacial score (nSPS) is 22.6. The molecule has 1 heterocycles. The predicted molar refractivity (Wildman–Crippen MR) is 104 cm³/mol. The highest BCUT2D eigenvalue weighted by Crippen LogP contribution is 2.56. The second-order valence-corrected chi connectivity index (χ2v) is 8.98. The average molecular weight is 373 g/mol. The third-order valence-electron chi connectivity index (χ3n) is 5.57. The highest BCUT2D eigenvalue weighted by Gasteiger charge is 2.48. The van der Waals surface area contributed by atoms with Crippen molar-refractivity contribution in [3.05, 3.63) is 47.0 Å². The molecule has 2 fully saturated rings. The summed E-state index contributed by atoms with van der Waals surface area (Å²) in [6.45, 7) is 7.83. The molecule has 1 aromatic rings. The number of rotatable bonds is 2. The first kappa shape index (κ1) is 16.8. The Kier molecular flexibility index (Phi) is 4.18. The number of amides is 1. The average Bonchev–Trinajstić information content (AvgIpc) is 2.57. The van der Waals surface area contributed by atoms with Crippen LogP contribution in [-0.2, 0) is 4.74 Å². The lowest BCUT2D eigenvalue weighted by Crippen LogP contribution is -2.49. The summed E-state index contributed by atoms with van der Waals surface area (Å²) in [5.41, 5.74) is 2.24. The van der Waals surface area contributed by atoms with E-state index in [1.165, 1.54) is 0 Å². The number of carbonyl (C=O) groups is 2. The molecule has 1 spiro atoms. The fraction of sp³-hybridized carbons (Fsp3) is 0.545. The van der Waals surface area contributed by atoms with Crippen LogP contribution in [0.25, 0.3) is 0 Å². The van der Waals surface area contributed by atoms with Gasteiger partial charge < -0.3 is 14.7 Å². The standard InChI is InChI=1S/C22H29NO4/c1-14-11-22(12-14)8-9-23(20(26)27-21(3,4)5)18(13-22)17-7-6-16(19(24)25)10-15(17)2/h6-7,10,18H,1,8-9,11-13H2,2-5H3,(H,24,25)/i1D2. The van der Waals surface area contributed by atoms with Gasteiger partial charge in [0.15, 0.2) is 0 Å². The molecular formula is C22H29NO4. The molecule has 1 aliphatic heterocycles. The van der Waals surface area contributed by atoms with Gasteiger partial charge in [0, 0.05) is 6.54 Å². The maximum Gasteiger partial charge on any atom is 0.410 e. The van der Waals surface area contributed by atoms with Crippen LogP contribution in [0.15, 0.2) is 30.3 Å². The number of piperidine rings is 1. The summed E-state index contributed by atoms with van der Waals surface area (Å²) in [6.07, 6.45) is 2.61. The van der Waals surface area contributed by atoms with Crippen molar-refractivity contribution in [3.8, 4) is 0 Å². The van der Waals surface area contributed by atoms with E-state index in [2.05, 4.69) is 0 Å². The Morgan fingerprint density at radius 2 is 2.07 bits per heavy atom. The van der Waals surface area contributed by atoms with E-state index in [-0.39, 0.29) is 29.6 Å².